The summed E-state index contributed by atoms with van der Waals surface area (Å²) >= 11 is 0. The zero-order valence-corrected chi connectivity index (χ0v) is 19.7. The SMILES string of the molecule is COCc1nn(Cc2cnc(N3CCCC3)nc2)cc1C(=O)NCc1c(C)ccc(OC)c1F. The maximum absolute atomic E-state index is 14.6. The van der Waals surface area contributed by atoms with Crippen LogP contribution in [0.5, 0.6) is 5.75 Å². The van der Waals surface area contributed by atoms with Crippen molar-refractivity contribution >= 4 is 11.9 Å². The number of amides is 1. The molecule has 3 heterocycles. The first-order valence-electron chi connectivity index (χ1n) is 11.2. The van der Waals surface area contributed by atoms with Gasteiger partial charge in [0.25, 0.3) is 5.91 Å². The third-order valence-corrected chi connectivity index (χ3v) is 5.88. The van der Waals surface area contributed by atoms with Crippen LogP contribution in [0.4, 0.5) is 10.3 Å². The molecule has 4 rings (SSSR count). The largest absolute Gasteiger partial charge is 0.494 e. The van der Waals surface area contributed by atoms with E-state index in [1.165, 1.54) is 7.11 Å². The fourth-order valence-corrected chi connectivity index (χ4v) is 4.01. The highest BCUT2D eigenvalue weighted by Gasteiger charge is 2.19. The van der Waals surface area contributed by atoms with Crippen molar-refractivity contribution < 1.29 is 18.7 Å². The van der Waals surface area contributed by atoms with Crippen molar-refractivity contribution in [2.75, 3.05) is 32.2 Å². The average Bonchev–Trinajstić information content (AvgIpc) is 3.50. The molecule has 1 aliphatic heterocycles. The summed E-state index contributed by atoms with van der Waals surface area (Å²) in [5.41, 5.74) is 2.85. The minimum absolute atomic E-state index is 0.0249. The van der Waals surface area contributed by atoms with Crippen molar-refractivity contribution in [3.8, 4) is 5.75 Å². The van der Waals surface area contributed by atoms with Gasteiger partial charge in [-0.3, -0.25) is 9.48 Å². The third-order valence-electron chi connectivity index (χ3n) is 5.88. The second kappa shape index (κ2) is 10.6. The Morgan fingerprint density at radius 3 is 2.59 bits per heavy atom. The number of anilines is 1. The predicted molar refractivity (Wildman–Crippen MR) is 124 cm³/mol. The van der Waals surface area contributed by atoms with E-state index in [0.717, 1.165) is 43.0 Å². The predicted octanol–water partition coefficient (Wildman–Crippen LogP) is 2.85. The summed E-state index contributed by atoms with van der Waals surface area (Å²) in [6, 6.07) is 3.33. The number of carbonyl (C=O) groups is 1. The highest BCUT2D eigenvalue weighted by atomic mass is 19.1. The van der Waals surface area contributed by atoms with Crippen molar-refractivity contribution in [2.24, 2.45) is 0 Å². The average molecular weight is 469 g/mol. The molecule has 0 atom stereocenters. The first-order chi connectivity index (χ1) is 16.5. The summed E-state index contributed by atoms with van der Waals surface area (Å²) in [5.74, 6) is 0.0381. The molecule has 3 aromatic rings. The molecule has 0 spiro atoms. The molecule has 0 bridgehead atoms. The van der Waals surface area contributed by atoms with Gasteiger partial charge in [-0.25, -0.2) is 14.4 Å². The molecule has 1 amide bonds. The lowest BCUT2D eigenvalue weighted by molar-refractivity contribution is 0.0945. The molecule has 1 fully saturated rings. The Labute approximate surface area is 197 Å². The summed E-state index contributed by atoms with van der Waals surface area (Å²) in [4.78, 5) is 24.1. The Balaban J connectivity index is 1.47. The standard InChI is InChI=1S/C24H29FN6O3/c1-16-6-7-21(34-3)22(25)18(16)12-26-23(32)19-14-31(29-20(19)15-33-2)13-17-10-27-24(28-11-17)30-8-4-5-9-30/h6-7,10-11,14H,4-5,8-9,12-13,15H2,1-3H3,(H,26,32). The van der Waals surface area contributed by atoms with Crippen LogP contribution in [0.2, 0.25) is 0 Å². The van der Waals surface area contributed by atoms with Gasteiger partial charge in [-0.2, -0.15) is 5.10 Å². The highest BCUT2D eigenvalue weighted by molar-refractivity contribution is 5.95. The minimum atomic E-state index is -0.479. The van der Waals surface area contributed by atoms with Gasteiger partial charge < -0.3 is 19.7 Å². The van der Waals surface area contributed by atoms with E-state index in [4.69, 9.17) is 9.47 Å². The van der Waals surface area contributed by atoms with Gasteiger partial charge in [0, 0.05) is 56.5 Å². The molecule has 0 saturated carbocycles. The van der Waals surface area contributed by atoms with Gasteiger partial charge in [0.15, 0.2) is 11.6 Å². The van der Waals surface area contributed by atoms with Gasteiger partial charge in [-0.15, -0.1) is 0 Å². The summed E-state index contributed by atoms with van der Waals surface area (Å²) in [7, 11) is 2.95. The molecule has 34 heavy (non-hydrogen) atoms. The molecular weight excluding hydrogens is 439 g/mol. The van der Waals surface area contributed by atoms with Crippen LogP contribution in [0.3, 0.4) is 0 Å². The number of rotatable bonds is 9. The monoisotopic (exact) mass is 468 g/mol. The number of aryl methyl sites for hydroxylation is 1. The van der Waals surface area contributed by atoms with Crippen LogP contribution in [-0.2, 0) is 24.4 Å². The Bertz CT molecular complexity index is 1140. The molecular formula is C24H29FN6O3. The highest BCUT2D eigenvalue weighted by Crippen LogP contribution is 2.23. The Hall–Kier alpha value is -3.53. The first kappa shape index (κ1) is 23.6. The number of hydrogen-bond donors (Lipinski definition) is 1. The Morgan fingerprint density at radius 2 is 1.91 bits per heavy atom. The van der Waals surface area contributed by atoms with Gasteiger partial charge >= 0.3 is 0 Å². The maximum atomic E-state index is 14.6. The molecule has 1 saturated heterocycles. The number of nitrogens with one attached hydrogen (secondary N) is 1. The maximum Gasteiger partial charge on any atom is 0.255 e. The zero-order valence-electron chi connectivity index (χ0n) is 19.7. The lowest BCUT2D eigenvalue weighted by Gasteiger charge is -2.14. The number of methoxy groups -OCH3 is 2. The molecule has 1 aromatic carbocycles. The summed E-state index contributed by atoms with van der Waals surface area (Å²) < 4.78 is 26.6. The molecule has 1 N–H and O–H groups in total. The number of carbonyl (C=O) groups excluding carboxylic acids is 1. The molecule has 2 aromatic heterocycles. The van der Waals surface area contributed by atoms with Crippen LogP contribution in [-0.4, -0.2) is 53.0 Å². The van der Waals surface area contributed by atoms with E-state index >= 15 is 0 Å². The second-order valence-corrected chi connectivity index (χ2v) is 8.27. The number of halogens is 1. The van der Waals surface area contributed by atoms with E-state index < -0.39 is 5.82 Å². The van der Waals surface area contributed by atoms with Crippen molar-refractivity contribution in [1.82, 2.24) is 25.1 Å². The Morgan fingerprint density at radius 1 is 1.18 bits per heavy atom. The number of nitrogens with zero attached hydrogens (tertiary/aromatic N) is 5. The van der Waals surface area contributed by atoms with Crippen LogP contribution in [0, 0.1) is 12.7 Å². The lowest BCUT2D eigenvalue weighted by atomic mass is 10.1. The zero-order chi connectivity index (χ0) is 24.1. The lowest BCUT2D eigenvalue weighted by Crippen LogP contribution is -2.24. The quantitative estimate of drug-likeness (QED) is 0.516. The number of aromatic nitrogens is 4. The smallest absolute Gasteiger partial charge is 0.255 e. The topological polar surface area (TPSA) is 94.4 Å². The van der Waals surface area contributed by atoms with Crippen LogP contribution < -0.4 is 15.0 Å². The third kappa shape index (κ3) is 5.17. The summed E-state index contributed by atoms with van der Waals surface area (Å²) in [6.07, 6.45) is 7.55. The normalized spacial score (nSPS) is 13.4. The van der Waals surface area contributed by atoms with Crippen molar-refractivity contribution in [3.05, 3.63) is 64.5 Å². The van der Waals surface area contributed by atoms with E-state index in [1.54, 1.807) is 49.4 Å². The van der Waals surface area contributed by atoms with Crippen molar-refractivity contribution in [2.45, 2.75) is 39.5 Å². The molecule has 1 aliphatic rings. The van der Waals surface area contributed by atoms with Gasteiger partial charge in [0.2, 0.25) is 5.95 Å². The van der Waals surface area contributed by atoms with Crippen LogP contribution in [0.1, 0.15) is 45.6 Å². The van der Waals surface area contributed by atoms with E-state index in [-0.39, 0.29) is 24.8 Å². The van der Waals surface area contributed by atoms with E-state index in [9.17, 15) is 9.18 Å². The van der Waals surface area contributed by atoms with Crippen molar-refractivity contribution in [1.29, 1.82) is 0 Å². The summed E-state index contributed by atoms with van der Waals surface area (Å²) in [6.45, 7) is 4.36. The molecule has 9 nitrogen and oxygen atoms in total. The van der Waals surface area contributed by atoms with E-state index in [0.29, 0.717) is 23.4 Å². The van der Waals surface area contributed by atoms with Crippen LogP contribution >= 0.6 is 0 Å². The molecule has 10 heteroatoms. The van der Waals surface area contributed by atoms with E-state index in [1.807, 2.05) is 0 Å². The second-order valence-electron chi connectivity index (χ2n) is 8.27. The molecule has 0 aliphatic carbocycles. The van der Waals surface area contributed by atoms with Gasteiger partial charge in [-0.05, 0) is 31.4 Å². The Kier molecular flexibility index (Phi) is 7.36. The molecule has 180 valence electrons. The minimum Gasteiger partial charge on any atom is -0.494 e. The fraction of sp³-hybridized carbons (Fsp3) is 0.417. The van der Waals surface area contributed by atoms with Gasteiger partial charge in [0.05, 0.1) is 25.8 Å². The fourth-order valence-electron chi connectivity index (χ4n) is 4.01. The summed E-state index contributed by atoms with van der Waals surface area (Å²) in [5, 5.41) is 7.29. The van der Waals surface area contributed by atoms with Gasteiger partial charge in [-0.1, -0.05) is 6.07 Å². The number of hydrogen-bond acceptors (Lipinski definition) is 7. The first-order valence-corrected chi connectivity index (χ1v) is 11.2. The van der Waals surface area contributed by atoms with E-state index in [2.05, 4.69) is 25.3 Å². The molecule has 0 radical (unpaired) electrons. The number of benzene rings is 1. The van der Waals surface area contributed by atoms with Crippen LogP contribution in [0.25, 0.3) is 0 Å². The van der Waals surface area contributed by atoms with Crippen LogP contribution in [0.15, 0.2) is 30.7 Å². The molecule has 0 unspecified atom stereocenters. The van der Waals surface area contributed by atoms with Gasteiger partial charge in [0.1, 0.15) is 5.69 Å². The number of ether oxygens (including phenoxy) is 2. The van der Waals surface area contributed by atoms with Crippen molar-refractivity contribution in [3.63, 3.8) is 0 Å².